The molecular weight excluding hydrogens is 1400 g/mol. The minimum atomic E-state index is -1.44. The Morgan fingerprint density at radius 2 is 0.629 bits per heavy atom. The van der Waals surface area contributed by atoms with Crippen LogP contribution in [-0.2, 0) is 90.3 Å². The van der Waals surface area contributed by atoms with E-state index in [4.69, 9.17) is 61.6 Å². The van der Waals surface area contributed by atoms with Gasteiger partial charge in [-0.3, -0.25) is 28.8 Å². The molecule has 13 N–H and O–H groups in total. The van der Waals surface area contributed by atoms with Gasteiger partial charge < -0.3 is 129 Å². The lowest BCUT2D eigenvalue weighted by Crippen LogP contribution is -2.57. The van der Waals surface area contributed by atoms with E-state index in [1.807, 2.05) is 0 Å². The van der Waals surface area contributed by atoms with Crippen LogP contribution in [0.25, 0.3) is 0 Å². The summed E-state index contributed by atoms with van der Waals surface area (Å²) in [6, 6.07) is 0. The van der Waals surface area contributed by atoms with Gasteiger partial charge in [0.05, 0.1) is 97.4 Å². The molecule has 3 fully saturated rings. The van der Waals surface area contributed by atoms with Crippen LogP contribution in [0.2, 0.25) is 0 Å². The third-order valence-electron chi connectivity index (χ3n) is 18.2. The van der Waals surface area contributed by atoms with Crippen LogP contribution in [0.3, 0.4) is 0 Å². The second-order valence-electron chi connectivity index (χ2n) is 27.1. The number of esters is 1. The number of carbonyl (C=O) groups excluding carboxylic acids is 6. The van der Waals surface area contributed by atoms with E-state index in [9.17, 15) is 74.7 Å². The molecule has 32 nitrogen and oxygen atoms in total. The Balaban J connectivity index is 1.43. The fourth-order valence-electron chi connectivity index (χ4n) is 11.7. The second kappa shape index (κ2) is 59.4. The number of amides is 4. The molecule has 0 bridgehead atoms. The van der Waals surface area contributed by atoms with E-state index >= 15 is 0 Å². The van der Waals surface area contributed by atoms with Crippen LogP contribution < -0.4 is 21.3 Å². The van der Waals surface area contributed by atoms with Gasteiger partial charge in [0.15, 0.2) is 24.0 Å². The molecule has 0 spiro atoms. The number of ether oxygens (including phenoxy) is 13. The molecule has 0 aliphatic carbocycles. The maximum Gasteiger partial charge on any atom is 0.306 e. The number of carbonyl (C=O) groups is 6. The number of hydrogen-bond acceptors (Lipinski definition) is 29. The fourth-order valence-corrected chi connectivity index (χ4v) is 12.3. The van der Waals surface area contributed by atoms with Crippen molar-refractivity contribution in [3.8, 4) is 0 Å². The standard InChI is InChI=1S/C72H132N4O28S/c1-51-60(83)63(86)66(89)69(102-51)99-35-19-12-15-31-73-55(78)25-28-72(29-26-56(79)74-32-16-13-20-36-100-70-67(90)64(87)61(84)52(2)103-70,30-27-57(80)75-33-17-14-21-37-101-71-68(91)65(88)62(85)53(3)104-71)76-58(81)23-24-59(82)98-49-48-97-47-46-96-45-44-95-43-42-94-41-40-93-39-38-92-34-18-10-8-6-5-7-9-11-22-50-105-54(4)77/h51-53,60-71,83-91H,5-50H2,1-4H3,(H,73,78)(H,74,79)(H,75,80)(H,76,81)/t51-,52-,53-,60+,61+,62+,63+,64+,65+,66-,67-,68-,69-,70-,71-/m0/s1. The van der Waals surface area contributed by atoms with Gasteiger partial charge in [-0.15, -0.1) is 0 Å². The number of aliphatic hydroxyl groups excluding tert-OH is 9. The van der Waals surface area contributed by atoms with Crippen molar-refractivity contribution in [1.82, 2.24) is 21.3 Å². The van der Waals surface area contributed by atoms with E-state index in [1.54, 1.807) is 27.7 Å². The van der Waals surface area contributed by atoms with Crippen LogP contribution in [0, 0.1) is 0 Å². The van der Waals surface area contributed by atoms with Crippen molar-refractivity contribution in [2.75, 3.05) is 131 Å². The highest BCUT2D eigenvalue weighted by molar-refractivity contribution is 8.13. The van der Waals surface area contributed by atoms with Gasteiger partial charge in [-0.25, -0.2) is 0 Å². The Kier molecular flexibility index (Phi) is 54.1. The summed E-state index contributed by atoms with van der Waals surface area (Å²) in [5.41, 5.74) is -1.31. The van der Waals surface area contributed by atoms with Crippen LogP contribution in [0.1, 0.15) is 195 Å². The van der Waals surface area contributed by atoms with Gasteiger partial charge >= 0.3 is 5.97 Å². The summed E-state index contributed by atoms with van der Waals surface area (Å²) in [6.07, 6.45) is -3.24. The first kappa shape index (κ1) is 95.7. The minimum Gasteiger partial charge on any atom is -0.463 e. The Bertz CT molecular complexity index is 2120. The molecule has 3 heterocycles. The van der Waals surface area contributed by atoms with Crippen LogP contribution in [-0.4, -0.2) is 309 Å². The Morgan fingerprint density at radius 3 is 0.971 bits per heavy atom. The highest BCUT2D eigenvalue weighted by Gasteiger charge is 2.45. The zero-order valence-electron chi connectivity index (χ0n) is 62.9. The smallest absolute Gasteiger partial charge is 0.306 e. The predicted molar refractivity (Wildman–Crippen MR) is 384 cm³/mol. The number of unbranched alkanes of at least 4 members (excludes halogenated alkanes) is 14. The molecule has 3 aliphatic heterocycles. The average Bonchev–Trinajstić information content (AvgIpc) is 0.782. The van der Waals surface area contributed by atoms with Crippen molar-refractivity contribution in [3.63, 3.8) is 0 Å². The predicted octanol–water partition coefficient (Wildman–Crippen LogP) is 1.79. The third-order valence-corrected chi connectivity index (χ3v) is 19.1. The van der Waals surface area contributed by atoms with E-state index < -0.39 is 110 Å². The molecule has 105 heavy (non-hydrogen) atoms. The molecule has 0 radical (unpaired) electrons. The molecule has 3 rings (SSSR count). The summed E-state index contributed by atoms with van der Waals surface area (Å²) in [6.45, 7) is 12.3. The maximum absolute atomic E-state index is 14.0. The molecule has 4 amide bonds. The van der Waals surface area contributed by atoms with E-state index in [2.05, 4.69) is 21.3 Å². The monoisotopic (exact) mass is 1530 g/mol. The first-order chi connectivity index (χ1) is 50.5. The first-order valence-electron chi connectivity index (χ1n) is 38.4. The maximum atomic E-state index is 14.0. The molecule has 0 saturated carbocycles. The van der Waals surface area contributed by atoms with Crippen molar-refractivity contribution < 1.29 is 136 Å². The molecule has 3 saturated heterocycles. The number of hydrogen-bond donors (Lipinski definition) is 13. The molecule has 3 aliphatic rings. The van der Waals surface area contributed by atoms with Crippen molar-refractivity contribution in [1.29, 1.82) is 0 Å². The number of rotatable bonds is 64. The van der Waals surface area contributed by atoms with Gasteiger partial charge in [-0.1, -0.05) is 56.7 Å². The topological polar surface area (TPSA) is 453 Å². The summed E-state index contributed by atoms with van der Waals surface area (Å²) in [4.78, 5) is 78.5. The van der Waals surface area contributed by atoms with Crippen molar-refractivity contribution in [2.24, 2.45) is 0 Å². The highest BCUT2D eigenvalue weighted by Crippen LogP contribution is 2.29. The molecule has 614 valence electrons. The van der Waals surface area contributed by atoms with Crippen molar-refractivity contribution in [3.05, 3.63) is 0 Å². The summed E-state index contributed by atoms with van der Waals surface area (Å²) in [5.74, 6) is -1.41. The zero-order chi connectivity index (χ0) is 76.9. The quantitative estimate of drug-likeness (QED) is 0.0305. The Labute approximate surface area is 625 Å². The van der Waals surface area contributed by atoms with E-state index in [0.29, 0.717) is 111 Å². The van der Waals surface area contributed by atoms with E-state index in [-0.39, 0.29) is 140 Å². The molecule has 0 unspecified atom stereocenters. The van der Waals surface area contributed by atoms with Gasteiger partial charge in [-0.2, -0.15) is 0 Å². The summed E-state index contributed by atoms with van der Waals surface area (Å²) in [7, 11) is 0. The molecule has 0 aromatic rings. The molecule has 0 aromatic heterocycles. The summed E-state index contributed by atoms with van der Waals surface area (Å²) >= 11 is 1.42. The number of aliphatic hydroxyl groups is 9. The van der Waals surface area contributed by atoms with Crippen LogP contribution >= 0.6 is 11.8 Å². The minimum absolute atomic E-state index is 0.000566. The normalized spacial score (nSPS) is 24.9. The largest absolute Gasteiger partial charge is 0.463 e. The molecule has 33 heteroatoms. The van der Waals surface area contributed by atoms with Gasteiger partial charge in [-0.05, 0) is 111 Å². The molecular formula is C72H132N4O28S. The average molecular weight is 1530 g/mol. The van der Waals surface area contributed by atoms with Crippen molar-refractivity contribution in [2.45, 2.75) is 292 Å². The van der Waals surface area contributed by atoms with Crippen molar-refractivity contribution >= 4 is 46.5 Å². The molecule has 15 atom stereocenters. The van der Waals surface area contributed by atoms with Gasteiger partial charge in [0, 0.05) is 90.0 Å². The fraction of sp³-hybridized carbons (Fsp3) is 0.917. The van der Waals surface area contributed by atoms with Gasteiger partial charge in [0.2, 0.25) is 23.6 Å². The SMILES string of the molecule is CC(=O)SCCCCCCCCCCCOCCOCCOCCOCCOCCOCCOC(=O)CCC(=O)NC(CCC(=O)NCCCCCO[C@H]1O[C@@H](C)[C@@H](O)[C@@H](O)[C@@H]1O)(CCC(=O)NCCCCCO[C@H]1O[C@@H](C)[C@@H](O)[C@@H](O)[C@@H]1O)CCC(=O)NCCCCCO[C@H]1O[C@@H](C)[C@@H](O)[C@@H](O)[C@@H]1O. The van der Waals surface area contributed by atoms with Crippen LogP contribution in [0.4, 0.5) is 0 Å². The molecule has 0 aromatic carbocycles. The lowest BCUT2D eigenvalue weighted by molar-refractivity contribution is -0.293. The number of thioether (sulfide) groups is 1. The Morgan fingerprint density at radius 1 is 0.333 bits per heavy atom. The first-order valence-corrected chi connectivity index (χ1v) is 39.3. The highest BCUT2D eigenvalue weighted by atomic mass is 32.2. The van der Waals surface area contributed by atoms with Gasteiger partial charge in [0.25, 0.3) is 0 Å². The third kappa shape index (κ3) is 44.2. The van der Waals surface area contributed by atoms with Crippen LogP contribution in [0.15, 0.2) is 0 Å². The van der Waals surface area contributed by atoms with Crippen LogP contribution in [0.5, 0.6) is 0 Å². The summed E-state index contributed by atoms with van der Waals surface area (Å²) < 4.78 is 72.2. The zero-order valence-corrected chi connectivity index (χ0v) is 63.7. The second-order valence-corrected chi connectivity index (χ2v) is 28.4. The lowest BCUT2D eigenvalue weighted by Gasteiger charge is -2.38. The summed E-state index contributed by atoms with van der Waals surface area (Å²) in [5, 5.41) is 103. The lowest BCUT2D eigenvalue weighted by atomic mass is 9.82. The Hall–Kier alpha value is -3.47. The van der Waals surface area contributed by atoms with E-state index in [0.717, 1.165) is 25.2 Å². The number of nitrogens with one attached hydrogen (secondary N) is 4. The van der Waals surface area contributed by atoms with E-state index in [1.165, 1.54) is 56.7 Å². The van der Waals surface area contributed by atoms with Gasteiger partial charge in [0.1, 0.15) is 61.5 Å².